The van der Waals surface area contributed by atoms with Gasteiger partial charge in [0.1, 0.15) is 11.6 Å². The second-order valence-corrected chi connectivity index (χ2v) is 11.9. The van der Waals surface area contributed by atoms with Gasteiger partial charge in [0, 0.05) is 21.6 Å². The standard InChI is InChI=1S/C31H20ClFN2O2S2/c32-20-8-13-23(14-9-20)38-27-16-12-22(37-27)17-26-30(36)35-29(19-5-10-21(33)11-6-19)25-15-7-18-3-1-2-4-24(18)28(25)34-31(35)39-26/h1-6,8-14,16-17,29H,7,15H2/b26-17-/t29-/m0/s1. The molecule has 192 valence electrons. The molecule has 1 atom stereocenters. The summed E-state index contributed by atoms with van der Waals surface area (Å²) in [6, 6.07) is 25.6. The normalized spacial score (nSPS) is 16.5. The number of aryl methyl sites for hydroxylation is 1. The van der Waals surface area contributed by atoms with E-state index in [0.717, 1.165) is 40.1 Å². The topological polar surface area (TPSA) is 47.5 Å². The molecule has 5 aromatic rings. The quantitative estimate of drug-likeness (QED) is 0.237. The van der Waals surface area contributed by atoms with Crippen molar-refractivity contribution in [2.45, 2.75) is 28.9 Å². The number of aromatic nitrogens is 1. The third kappa shape index (κ3) is 4.50. The molecular formula is C31H20ClFN2O2S2. The molecule has 0 bridgehead atoms. The first-order chi connectivity index (χ1) is 19.0. The summed E-state index contributed by atoms with van der Waals surface area (Å²) in [6.07, 6.45) is 3.42. The minimum atomic E-state index is -0.347. The third-order valence-corrected chi connectivity index (χ3v) is 9.13. The van der Waals surface area contributed by atoms with Gasteiger partial charge < -0.3 is 4.42 Å². The molecule has 0 amide bonds. The van der Waals surface area contributed by atoms with Gasteiger partial charge in [-0.3, -0.25) is 9.36 Å². The van der Waals surface area contributed by atoms with Gasteiger partial charge >= 0.3 is 0 Å². The summed E-state index contributed by atoms with van der Waals surface area (Å²) in [5.41, 5.74) is 5.07. The van der Waals surface area contributed by atoms with Crippen molar-refractivity contribution in [1.82, 2.24) is 4.57 Å². The van der Waals surface area contributed by atoms with Crippen LogP contribution in [-0.4, -0.2) is 4.57 Å². The van der Waals surface area contributed by atoms with Gasteiger partial charge in [0.05, 0.1) is 16.3 Å². The van der Waals surface area contributed by atoms with E-state index < -0.39 is 0 Å². The fourth-order valence-corrected chi connectivity index (χ4v) is 7.07. The SMILES string of the molecule is O=c1/c(=C/c2ccc(Sc3ccc(Cl)cc3)o2)sc2n1[C@@H](c1ccc(F)cc1)C1=C(N=2)c2ccccc2CC1. The molecule has 39 heavy (non-hydrogen) atoms. The van der Waals surface area contributed by atoms with Crippen molar-refractivity contribution in [3.63, 3.8) is 0 Å². The molecule has 2 aliphatic rings. The van der Waals surface area contributed by atoms with Crippen molar-refractivity contribution in [2.75, 3.05) is 0 Å². The van der Waals surface area contributed by atoms with Gasteiger partial charge in [-0.15, -0.1) is 0 Å². The minimum absolute atomic E-state index is 0.137. The van der Waals surface area contributed by atoms with Crippen molar-refractivity contribution in [3.05, 3.63) is 143 Å². The van der Waals surface area contributed by atoms with Gasteiger partial charge in [0.15, 0.2) is 9.89 Å². The molecule has 0 unspecified atom stereocenters. The Bertz CT molecular complexity index is 1940. The van der Waals surface area contributed by atoms with Gasteiger partial charge in [0.25, 0.3) is 5.56 Å². The zero-order chi connectivity index (χ0) is 26.5. The van der Waals surface area contributed by atoms with Crippen LogP contribution in [0.5, 0.6) is 0 Å². The molecular weight excluding hydrogens is 551 g/mol. The van der Waals surface area contributed by atoms with Crippen molar-refractivity contribution in [2.24, 2.45) is 4.99 Å². The average molecular weight is 571 g/mol. The number of allylic oxidation sites excluding steroid dienone is 1. The Balaban J connectivity index is 1.34. The zero-order valence-corrected chi connectivity index (χ0v) is 22.8. The fraction of sp³-hybridized carbons (Fsp3) is 0.0968. The molecule has 3 aromatic carbocycles. The summed E-state index contributed by atoms with van der Waals surface area (Å²) in [7, 11) is 0. The molecule has 7 rings (SSSR count). The minimum Gasteiger partial charge on any atom is -0.450 e. The molecule has 8 heteroatoms. The highest BCUT2D eigenvalue weighted by atomic mass is 35.5. The third-order valence-electron chi connectivity index (χ3n) is 6.97. The van der Waals surface area contributed by atoms with Crippen LogP contribution in [0.25, 0.3) is 11.8 Å². The Kier molecular flexibility index (Phi) is 6.15. The summed E-state index contributed by atoms with van der Waals surface area (Å²) < 4.78 is 22.2. The van der Waals surface area contributed by atoms with Crippen LogP contribution in [0.15, 0.2) is 115 Å². The first-order valence-electron chi connectivity index (χ1n) is 12.5. The van der Waals surface area contributed by atoms with E-state index in [-0.39, 0.29) is 17.4 Å². The van der Waals surface area contributed by atoms with E-state index >= 15 is 0 Å². The second-order valence-electron chi connectivity index (χ2n) is 9.38. The number of nitrogens with zero attached hydrogens (tertiary/aromatic N) is 2. The smallest absolute Gasteiger partial charge is 0.271 e. The maximum absolute atomic E-state index is 13.8. The van der Waals surface area contributed by atoms with Crippen molar-refractivity contribution >= 4 is 46.5 Å². The van der Waals surface area contributed by atoms with Crippen LogP contribution in [-0.2, 0) is 6.42 Å². The number of benzene rings is 3. The van der Waals surface area contributed by atoms with Crippen LogP contribution in [0.1, 0.15) is 34.9 Å². The maximum Gasteiger partial charge on any atom is 0.271 e. The lowest BCUT2D eigenvalue weighted by Crippen LogP contribution is -2.38. The van der Waals surface area contributed by atoms with E-state index in [4.69, 9.17) is 21.0 Å². The Labute approximate surface area is 236 Å². The summed E-state index contributed by atoms with van der Waals surface area (Å²) in [4.78, 5) is 20.5. The number of hydrogen-bond acceptors (Lipinski definition) is 5. The lowest BCUT2D eigenvalue weighted by molar-refractivity contribution is 0.466. The van der Waals surface area contributed by atoms with E-state index in [1.165, 1.54) is 40.8 Å². The van der Waals surface area contributed by atoms with Crippen LogP contribution in [0.4, 0.5) is 4.39 Å². The van der Waals surface area contributed by atoms with Crippen LogP contribution in [0.2, 0.25) is 5.02 Å². The van der Waals surface area contributed by atoms with Crippen molar-refractivity contribution < 1.29 is 8.81 Å². The highest BCUT2D eigenvalue weighted by Gasteiger charge is 2.32. The number of thiazole rings is 1. The lowest BCUT2D eigenvalue weighted by atomic mass is 9.83. The molecule has 3 heterocycles. The monoisotopic (exact) mass is 570 g/mol. The highest BCUT2D eigenvalue weighted by molar-refractivity contribution is 7.99. The van der Waals surface area contributed by atoms with E-state index in [1.54, 1.807) is 22.8 Å². The van der Waals surface area contributed by atoms with Gasteiger partial charge in [0.2, 0.25) is 0 Å². The molecule has 0 radical (unpaired) electrons. The molecule has 0 N–H and O–H groups in total. The summed E-state index contributed by atoms with van der Waals surface area (Å²) in [6.45, 7) is 0. The second kappa shape index (κ2) is 9.83. The molecule has 0 spiro atoms. The molecule has 0 saturated carbocycles. The maximum atomic E-state index is 13.8. The van der Waals surface area contributed by atoms with Crippen LogP contribution < -0.4 is 14.9 Å². The van der Waals surface area contributed by atoms with E-state index in [0.29, 0.717) is 25.2 Å². The van der Waals surface area contributed by atoms with E-state index in [1.807, 2.05) is 48.5 Å². The summed E-state index contributed by atoms with van der Waals surface area (Å²) in [5, 5.41) is 1.39. The average Bonchev–Trinajstić information content (AvgIpc) is 3.52. The van der Waals surface area contributed by atoms with Crippen LogP contribution in [0, 0.1) is 5.82 Å². The van der Waals surface area contributed by atoms with Crippen molar-refractivity contribution in [1.29, 1.82) is 0 Å². The molecule has 2 aromatic heterocycles. The van der Waals surface area contributed by atoms with Gasteiger partial charge in [-0.2, -0.15) is 0 Å². The Hall–Kier alpha value is -3.65. The first-order valence-corrected chi connectivity index (χ1v) is 14.5. The predicted molar refractivity (Wildman–Crippen MR) is 153 cm³/mol. The van der Waals surface area contributed by atoms with Crippen molar-refractivity contribution in [3.8, 4) is 0 Å². The first kappa shape index (κ1) is 24.4. The number of rotatable bonds is 4. The Morgan fingerprint density at radius 3 is 2.62 bits per heavy atom. The number of fused-ring (bicyclic) bond motifs is 3. The zero-order valence-electron chi connectivity index (χ0n) is 20.4. The predicted octanol–water partition coefficient (Wildman–Crippen LogP) is 6.86. The fourth-order valence-electron chi connectivity index (χ4n) is 5.18. The largest absolute Gasteiger partial charge is 0.450 e. The van der Waals surface area contributed by atoms with E-state index in [2.05, 4.69) is 12.1 Å². The number of furan rings is 1. The highest BCUT2D eigenvalue weighted by Crippen LogP contribution is 2.41. The van der Waals surface area contributed by atoms with Gasteiger partial charge in [-0.25, -0.2) is 9.38 Å². The Morgan fingerprint density at radius 1 is 1.00 bits per heavy atom. The molecule has 0 saturated heterocycles. The molecule has 1 aliphatic heterocycles. The summed E-state index contributed by atoms with van der Waals surface area (Å²) in [5.74, 6) is 0.281. The van der Waals surface area contributed by atoms with Gasteiger partial charge in [-0.05, 0) is 78.1 Å². The Morgan fingerprint density at radius 2 is 1.79 bits per heavy atom. The number of hydrogen-bond donors (Lipinski definition) is 0. The van der Waals surface area contributed by atoms with Crippen LogP contribution in [0.3, 0.4) is 0 Å². The van der Waals surface area contributed by atoms with Gasteiger partial charge in [-0.1, -0.05) is 71.1 Å². The number of halogens is 2. The summed E-state index contributed by atoms with van der Waals surface area (Å²) >= 11 is 8.82. The molecule has 4 nitrogen and oxygen atoms in total. The lowest BCUT2D eigenvalue weighted by Gasteiger charge is -2.30. The molecule has 0 fully saturated rings. The molecule has 1 aliphatic carbocycles. The van der Waals surface area contributed by atoms with Crippen LogP contribution >= 0.6 is 34.7 Å². The van der Waals surface area contributed by atoms with E-state index in [9.17, 15) is 9.18 Å².